The predicted octanol–water partition coefficient (Wildman–Crippen LogP) is 3.59. The normalized spacial score (nSPS) is 33.3. The molecular formula is C24H34BrN3O2. The lowest BCUT2D eigenvalue weighted by molar-refractivity contribution is -0.147. The maximum absolute atomic E-state index is 13.4. The molecule has 0 aromatic heterocycles. The van der Waals surface area contributed by atoms with Crippen molar-refractivity contribution in [3.8, 4) is 0 Å². The van der Waals surface area contributed by atoms with Crippen LogP contribution in [0.3, 0.4) is 0 Å². The second kappa shape index (κ2) is 7.63. The van der Waals surface area contributed by atoms with E-state index in [1.165, 1.54) is 0 Å². The van der Waals surface area contributed by atoms with Gasteiger partial charge in [-0.2, -0.15) is 0 Å². The zero-order chi connectivity index (χ0) is 21.7. The highest BCUT2D eigenvalue weighted by Gasteiger charge is 2.83. The van der Waals surface area contributed by atoms with Gasteiger partial charge in [-0.05, 0) is 94.1 Å². The Morgan fingerprint density at radius 3 is 2.17 bits per heavy atom. The number of rotatable bonds is 9. The monoisotopic (exact) mass is 475 g/mol. The minimum absolute atomic E-state index is 0.0702. The van der Waals surface area contributed by atoms with E-state index in [0.29, 0.717) is 6.42 Å². The number of nitrogens with two attached hydrogens (primary N) is 2. The van der Waals surface area contributed by atoms with E-state index in [4.69, 9.17) is 11.5 Å². The van der Waals surface area contributed by atoms with Gasteiger partial charge in [-0.15, -0.1) is 0 Å². The zero-order valence-electron chi connectivity index (χ0n) is 18.1. The molecule has 6 heteroatoms. The Hall–Kier alpha value is -1.40. The number of unbranched alkanes of at least 4 members (excludes halogenated alkanes) is 2. The number of amides is 2. The summed E-state index contributed by atoms with van der Waals surface area (Å²) in [5.41, 5.74) is 11.6. The summed E-state index contributed by atoms with van der Waals surface area (Å²) >= 11 is 3.50. The number of hydrogen-bond acceptors (Lipinski definition) is 3. The molecule has 3 saturated carbocycles. The van der Waals surface area contributed by atoms with Crippen LogP contribution in [-0.2, 0) is 15.0 Å². The number of benzene rings is 1. The highest BCUT2D eigenvalue weighted by Crippen LogP contribution is 2.82. The van der Waals surface area contributed by atoms with Crippen molar-refractivity contribution < 1.29 is 9.59 Å². The molecule has 0 saturated heterocycles. The van der Waals surface area contributed by atoms with E-state index in [1.54, 1.807) is 0 Å². The van der Waals surface area contributed by atoms with Gasteiger partial charge in [0.1, 0.15) is 0 Å². The van der Waals surface area contributed by atoms with E-state index in [0.717, 1.165) is 61.5 Å². The summed E-state index contributed by atoms with van der Waals surface area (Å²) in [6.45, 7) is 1.02. The molecule has 4 rings (SSSR count). The Bertz CT molecular complexity index is 835. The van der Waals surface area contributed by atoms with Crippen LogP contribution >= 0.6 is 15.9 Å². The molecule has 0 radical (unpaired) electrons. The Labute approximate surface area is 188 Å². The average molecular weight is 476 g/mol. The van der Waals surface area contributed by atoms with Crippen molar-refractivity contribution in [2.45, 2.75) is 56.8 Å². The molecule has 3 aliphatic rings. The number of carbonyl (C=O) groups excluding carboxylic acids is 2. The molecule has 2 bridgehead atoms. The second-order valence-corrected chi connectivity index (χ2v) is 11.0. The number of nitrogens with zero attached hydrogens (tertiary/aromatic N) is 1. The Morgan fingerprint density at radius 2 is 1.63 bits per heavy atom. The number of hydrogen-bond donors (Lipinski definition) is 2. The summed E-state index contributed by atoms with van der Waals surface area (Å²) in [6, 6.07) is 7.87. The third kappa shape index (κ3) is 2.82. The first kappa shape index (κ1) is 21.8. The van der Waals surface area contributed by atoms with Gasteiger partial charge < -0.3 is 16.4 Å². The van der Waals surface area contributed by atoms with E-state index in [1.807, 2.05) is 24.3 Å². The molecule has 4 atom stereocenters. The SMILES string of the molecule is CN(C)CCCCC[C@@]1(C(N)=O)[C@@H]2CC[C@@H](C23CC3)[C@@]1(C(N)=O)c1ccc(Br)cc1. The molecule has 2 amide bonds. The first-order valence-electron chi connectivity index (χ1n) is 11.2. The van der Waals surface area contributed by atoms with Gasteiger partial charge in [0.25, 0.3) is 0 Å². The first-order chi connectivity index (χ1) is 14.2. The molecule has 30 heavy (non-hydrogen) atoms. The van der Waals surface area contributed by atoms with E-state index < -0.39 is 10.8 Å². The minimum Gasteiger partial charge on any atom is -0.369 e. The summed E-state index contributed by atoms with van der Waals surface area (Å²) in [6.07, 6.45) is 7.75. The lowest BCUT2D eigenvalue weighted by Crippen LogP contribution is -2.63. The van der Waals surface area contributed by atoms with Gasteiger partial charge in [0.05, 0.1) is 10.8 Å². The third-order valence-corrected chi connectivity index (χ3v) is 9.11. The summed E-state index contributed by atoms with van der Waals surface area (Å²) in [5, 5.41) is 0. The van der Waals surface area contributed by atoms with Crippen molar-refractivity contribution in [3.63, 3.8) is 0 Å². The zero-order valence-corrected chi connectivity index (χ0v) is 19.7. The summed E-state index contributed by atoms with van der Waals surface area (Å²) in [5.74, 6) is -0.411. The first-order valence-corrected chi connectivity index (χ1v) is 12.0. The molecule has 3 fully saturated rings. The summed E-state index contributed by atoms with van der Waals surface area (Å²) in [7, 11) is 4.15. The van der Waals surface area contributed by atoms with Crippen LogP contribution in [0.4, 0.5) is 0 Å². The maximum Gasteiger partial charge on any atom is 0.229 e. The van der Waals surface area contributed by atoms with Gasteiger partial charge in [-0.3, -0.25) is 9.59 Å². The number of halogens is 1. The van der Waals surface area contributed by atoms with Gasteiger partial charge in [0.15, 0.2) is 0 Å². The number of primary amides is 2. The van der Waals surface area contributed by atoms with Crippen LogP contribution in [0.5, 0.6) is 0 Å². The van der Waals surface area contributed by atoms with Crippen LogP contribution in [-0.4, -0.2) is 37.4 Å². The Kier molecular flexibility index (Phi) is 5.55. The molecule has 1 aromatic rings. The van der Waals surface area contributed by atoms with Gasteiger partial charge in [-0.25, -0.2) is 0 Å². The van der Waals surface area contributed by atoms with Crippen LogP contribution in [0, 0.1) is 22.7 Å². The van der Waals surface area contributed by atoms with E-state index >= 15 is 0 Å². The third-order valence-electron chi connectivity index (χ3n) is 8.58. The standard InChI is InChI=1S/C24H34BrN3O2/c1-28(2)15-5-3-4-12-23(20(26)29)18-10-11-19(22(18)13-14-22)24(23,21(27)30)16-6-8-17(25)9-7-16/h6-9,18-19H,3-5,10-15H2,1-2H3,(H2,26,29)(H2,27,30)/t18-,19+,23+,24-/m1/s1. The molecular weight excluding hydrogens is 442 g/mol. The van der Waals surface area contributed by atoms with Crippen LogP contribution in [0.2, 0.25) is 0 Å². The predicted molar refractivity (Wildman–Crippen MR) is 122 cm³/mol. The van der Waals surface area contributed by atoms with Crippen LogP contribution in [0.15, 0.2) is 28.7 Å². The highest BCUT2D eigenvalue weighted by atomic mass is 79.9. The molecule has 164 valence electrons. The van der Waals surface area contributed by atoms with E-state index in [2.05, 4.69) is 34.9 Å². The van der Waals surface area contributed by atoms with Gasteiger partial charge in [-0.1, -0.05) is 40.9 Å². The van der Waals surface area contributed by atoms with Crippen molar-refractivity contribution in [3.05, 3.63) is 34.3 Å². The average Bonchev–Trinajstić information content (AvgIpc) is 3.35. The van der Waals surface area contributed by atoms with E-state index in [-0.39, 0.29) is 29.1 Å². The molecule has 5 nitrogen and oxygen atoms in total. The Balaban J connectivity index is 1.79. The molecule has 4 N–H and O–H groups in total. The van der Waals surface area contributed by atoms with Crippen LogP contribution in [0.25, 0.3) is 0 Å². The molecule has 1 spiro atoms. The van der Waals surface area contributed by atoms with E-state index in [9.17, 15) is 9.59 Å². The van der Waals surface area contributed by atoms with Crippen molar-refractivity contribution in [2.24, 2.45) is 34.1 Å². The fraction of sp³-hybridized carbons (Fsp3) is 0.667. The summed E-state index contributed by atoms with van der Waals surface area (Å²) in [4.78, 5) is 28.9. The molecule has 1 aromatic carbocycles. The molecule has 0 aliphatic heterocycles. The molecule has 3 aliphatic carbocycles. The molecule has 0 unspecified atom stereocenters. The lowest BCUT2D eigenvalue weighted by atomic mass is 9.50. The van der Waals surface area contributed by atoms with Crippen LogP contribution < -0.4 is 11.5 Å². The van der Waals surface area contributed by atoms with Crippen molar-refractivity contribution in [1.29, 1.82) is 0 Å². The second-order valence-electron chi connectivity index (χ2n) is 10.0. The van der Waals surface area contributed by atoms with Gasteiger partial charge >= 0.3 is 0 Å². The van der Waals surface area contributed by atoms with Gasteiger partial charge in [0.2, 0.25) is 11.8 Å². The topological polar surface area (TPSA) is 89.4 Å². The highest BCUT2D eigenvalue weighted by molar-refractivity contribution is 9.10. The fourth-order valence-corrected chi connectivity index (χ4v) is 7.80. The number of carbonyl (C=O) groups is 2. The lowest BCUT2D eigenvalue weighted by Gasteiger charge is -2.50. The maximum atomic E-state index is 13.4. The van der Waals surface area contributed by atoms with Crippen molar-refractivity contribution in [2.75, 3.05) is 20.6 Å². The van der Waals surface area contributed by atoms with Crippen molar-refractivity contribution in [1.82, 2.24) is 4.90 Å². The molecule has 0 heterocycles. The Morgan fingerprint density at radius 1 is 1.00 bits per heavy atom. The minimum atomic E-state index is -1.000. The van der Waals surface area contributed by atoms with Gasteiger partial charge in [0, 0.05) is 4.47 Å². The van der Waals surface area contributed by atoms with Crippen molar-refractivity contribution >= 4 is 27.7 Å². The quantitative estimate of drug-likeness (QED) is 0.534. The van der Waals surface area contributed by atoms with Crippen LogP contribution in [0.1, 0.15) is 56.9 Å². The fourth-order valence-electron chi connectivity index (χ4n) is 7.54. The smallest absolute Gasteiger partial charge is 0.229 e. The summed E-state index contributed by atoms with van der Waals surface area (Å²) < 4.78 is 0.948. The largest absolute Gasteiger partial charge is 0.369 e.